The Kier molecular flexibility index (Phi) is 5.47. The van der Waals surface area contributed by atoms with Crippen molar-refractivity contribution < 1.29 is 0 Å². The Bertz CT molecular complexity index is 3390. The molecule has 4 nitrogen and oxygen atoms in total. The van der Waals surface area contributed by atoms with Gasteiger partial charge in [-0.2, -0.15) is 0 Å². The average molecular weight is 661 g/mol. The quantitative estimate of drug-likeness (QED) is 0.189. The molecule has 12 rings (SSSR count). The fourth-order valence-electron chi connectivity index (χ4n) is 8.81. The van der Waals surface area contributed by atoms with Gasteiger partial charge >= 0.3 is 0 Å². The lowest BCUT2D eigenvalue weighted by Crippen LogP contribution is -1.97. The van der Waals surface area contributed by atoms with Gasteiger partial charge in [-0.05, 0) is 47.9 Å². The second kappa shape index (κ2) is 10.3. The summed E-state index contributed by atoms with van der Waals surface area (Å²) >= 11 is 0. The number of aromatic nitrogens is 4. The molecule has 4 heterocycles. The van der Waals surface area contributed by atoms with Crippen LogP contribution < -0.4 is 0 Å². The van der Waals surface area contributed by atoms with E-state index in [1.807, 2.05) is 30.3 Å². The van der Waals surface area contributed by atoms with E-state index in [4.69, 9.17) is 9.97 Å². The van der Waals surface area contributed by atoms with Crippen molar-refractivity contribution in [2.75, 3.05) is 0 Å². The molecule has 0 fully saturated rings. The van der Waals surface area contributed by atoms with E-state index in [-0.39, 0.29) is 0 Å². The zero-order valence-electron chi connectivity index (χ0n) is 28.0. The van der Waals surface area contributed by atoms with Crippen LogP contribution in [-0.4, -0.2) is 18.9 Å². The van der Waals surface area contributed by atoms with Gasteiger partial charge in [0.05, 0.1) is 50.0 Å². The van der Waals surface area contributed by atoms with Crippen LogP contribution in [0.2, 0.25) is 0 Å². The van der Waals surface area contributed by atoms with Crippen LogP contribution in [0.1, 0.15) is 0 Å². The molecule has 52 heavy (non-hydrogen) atoms. The Hall–Kier alpha value is -7.04. The number of benzene rings is 8. The van der Waals surface area contributed by atoms with Gasteiger partial charge in [0, 0.05) is 54.5 Å². The third kappa shape index (κ3) is 3.65. The molecule has 0 spiro atoms. The molecule has 240 valence electrons. The van der Waals surface area contributed by atoms with E-state index >= 15 is 0 Å². The normalized spacial score (nSPS) is 12.2. The molecule has 8 aromatic carbocycles. The maximum absolute atomic E-state index is 5.17. The van der Waals surface area contributed by atoms with Crippen molar-refractivity contribution in [2.24, 2.45) is 0 Å². The Labute approximate surface area is 297 Å². The third-order valence-corrected chi connectivity index (χ3v) is 11.0. The molecule has 0 unspecified atom stereocenters. The SMILES string of the molecule is c1ccc(-c2nc3ccccc3nc2-c2ccc(-n3c4ccccc4c4c5c6ccc7ccccc7c6n6c7ccccc7c(cc43)c56)cc2)cc1. The fourth-order valence-corrected chi connectivity index (χ4v) is 8.81. The van der Waals surface area contributed by atoms with Crippen LogP contribution in [0.4, 0.5) is 0 Å². The average Bonchev–Trinajstić information content (AvgIpc) is 3.85. The van der Waals surface area contributed by atoms with Crippen LogP contribution in [-0.2, 0) is 0 Å². The van der Waals surface area contributed by atoms with Crippen molar-refractivity contribution in [2.45, 2.75) is 0 Å². The van der Waals surface area contributed by atoms with Gasteiger partial charge in [0.1, 0.15) is 0 Å². The Morgan fingerprint density at radius 2 is 0.981 bits per heavy atom. The molecule has 0 radical (unpaired) electrons. The number of para-hydroxylation sites is 4. The van der Waals surface area contributed by atoms with Gasteiger partial charge in [0.15, 0.2) is 0 Å². The van der Waals surface area contributed by atoms with E-state index in [0.717, 1.165) is 39.2 Å². The van der Waals surface area contributed by atoms with Crippen molar-refractivity contribution in [3.8, 4) is 28.2 Å². The molecule has 0 aliphatic heterocycles. The summed E-state index contributed by atoms with van der Waals surface area (Å²) < 4.78 is 4.96. The summed E-state index contributed by atoms with van der Waals surface area (Å²) in [4.78, 5) is 10.3. The summed E-state index contributed by atoms with van der Waals surface area (Å²) in [6.07, 6.45) is 0. The Morgan fingerprint density at radius 1 is 0.365 bits per heavy atom. The molecular weight excluding hydrogens is 633 g/mol. The number of fused-ring (bicyclic) bond motifs is 13. The van der Waals surface area contributed by atoms with Gasteiger partial charge in [0.25, 0.3) is 0 Å². The van der Waals surface area contributed by atoms with Gasteiger partial charge in [-0.25, -0.2) is 9.97 Å². The summed E-state index contributed by atoms with van der Waals surface area (Å²) in [6.45, 7) is 0. The second-order valence-corrected chi connectivity index (χ2v) is 13.8. The number of hydrogen-bond donors (Lipinski definition) is 0. The summed E-state index contributed by atoms with van der Waals surface area (Å²) in [5.74, 6) is 0. The lowest BCUT2D eigenvalue weighted by atomic mass is 10.00. The molecule has 0 aliphatic rings. The predicted octanol–water partition coefficient (Wildman–Crippen LogP) is 12.4. The van der Waals surface area contributed by atoms with Gasteiger partial charge in [-0.3, -0.25) is 0 Å². The summed E-state index contributed by atoms with van der Waals surface area (Å²) in [7, 11) is 0. The van der Waals surface area contributed by atoms with Crippen molar-refractivity contribution >= 4 is 81.7 Å². The van der Waals surface area contributed by atoms with Crippen molar-refractivity contribution in [1.82, 2.24) is 18.9 Å². The first-order valence-electron chi connectivity index (χ1n) is 17.8. The summed E-state index contributed by atoms with van der Waals surface area (Å²) in [5, 5.41) is 10.2. The molecule has 4 aromatic heterocycles. The molecule has 4 heteroatoms. The maximum Gasteiger partial charge on any atom is 0.0973 e. The fraction of sp³-hybridized carbons (Fsp3) is 0. The van der Waals surface area contributed by atoms with Crippen LogP contribution in [0.15, 0.2) is 170 Å². The first-order valence-corrected chi connectivity index (χ1v) is 17.8. The van der Waals surface area contributed by atoms with Crippen LogP contribution in [0.25, 0.3) is 110 Å². The van der Waals surface area contributed by atoms with Crippen LogP contribution in [0.5, 0.6) is 0 Å². The highest BCUT2D eigenvalue weighted by Gasteiger charge is 2.25. The Balaban J connectivity index is 1.16. The molecule has 12 aromatic rings. The van der Waals surface area contributed by atoms with Crippen LogP contribution in [0.3, 0.4) is 0 Å². The third-order valence-electron chi connectivity index (χ3n) is 11.0. The highest BCUT2D eigenvalue weighted by molar-refractivity contribution is 6.37. The zero-order chi connectivity index (χ0) is 33.9. The van der Waals surface area contributed by atoms with E-state index in [0.29, 0.717) is 0 Å². The summed E-state index contributed by atoms with van der Waals surface area (Å²) in [5.41, 5.74) is 12.9. The zero-order valence-corrected chi connectivity index (χ0v) is 28.0. The topological polar surface area (TPSA) is 35.1 Å². The molecule has 0 saturated heterocycles. The number of hydrogen-bond acceptors (Lipinski definition) is 2. The molecule has 0 N–H and O–H groups in total. The molecule has 0 atom stereocenters. The van der Waals surface area contributed by atoms with Crippen molar-refractivity contribution in [3.63, 3.8) is 0 Å². The molecule has 0 aliphatic carbocycles. The van der Waals surface area contributed by atoms with E-state index < -0.39 is 0 Å². The van der Waals surface area contributed by atoms with Crippen molar-refractivity contribution in [1.29, 1.82) is 0 Å². The first-order chi connectivity index (χ1) is 25.8. The standard InChI is InChI=1S/C48H28N4/c1-2-13-30(14-3-1)45-46(50-39-19-9-8-18-38(39)49-45)31-22-25-32(26-23-31)51-41-21-11-7-17-35(41)43-42(51)28-37-34-16-6-10-20-40(34)52-47-33-15-5-4-12-29(33)24-27-36(47)44(43)48(37)52/h1-28H. The van der Waals surface area contributed by atoms with Crippen LogP contribution in [0, 0.1) is 0 Å². The minimum atomic E-state index is 0.880. The first kappa shape index (κ1) is 27.7. The predicted molar refractivity (Wildman–Crippen MR) is 217 cm³/mol. The van der Waals surface area contributed by atoms with Gasteiger partial charge in [-0.15, -0.1) is 0 Å². The maximum atomic E-state index is 5.17. The Morgan fingerprint density at radius 3 is 1.75 bits per heavy atom. The minimum absolute atomic E-state index is 0.880. The molecule has 0 saturated carbocycles. The largest absolute Gasteiger partial charge is 0.309 e. The van der Waals surface area contributed by atoms with Crippen LogP contribution >= 0.6 is 0 Å². The van der Waals surface area contributed by atoms with Gasteiger partial charge in [0.2, 0.25) is 0 Å². The highest BCUT2D eigenvalue weighted by Crippen LogP contribution is 2.48. The molecule has 0 bridgehead atoms. The monoisotopic (exact) mass is 660 g/mol. The number of rotatable bonds is 3. The lowest BCUT2D eigenvalue weighted by molar-refractivity contribution is 1.18. The number of nitrogens with zero attached hydrogens (tertiary/aromatic N) is 4. The van der Waals surface area contributed by atoms with Gasteiger partial charge in [-0.1, -0.05) is 127 Å². The lowest BCUT2D eigenvalue weighted by Gasteiger charge is -2.12. The summed E-state index contributed by atoms with van der Waals surface area (Å²) in [6, 6.07) is 60.9. The van der Waals surface area contributed by atoms with E-state index in [1.54, 1.807) is 0 Å². The molecule has 0 amide bonds. The van der Waals surface area contributed by atoms with E-state index in [9.17, 15) is 0 Å². The van der Waals surface area contributed by atoms with Crippen molar-refractivity contribution in [3.05, 3.63) is 170 Å². The van der Waals surface area contributed by atoms with E-state index in [2.05, 4.69) is 148 Å². The molecular formula is C48H28N4. The smallest absolute Gasteiger partial charge is 0.0973 e. The highest BCUT2D eigenvalue weighted by atomic mass is 15.0. The van der Waals surface area contributed by atoms with Gasteiger partial charge < -0.3 is 8.97 Å². The van der Waals surface area contributed by atoms with E-state index in [1.165, 1.54) is 70.7 Å². The minimum Gasteiger partial charge on any atom is -0.309 e. The second-order valence-electron chi connectivity index (χ2n) is 13.8.